The lowest BCUT2D eigenvalue weighted by Crippen LogP contribution is -2.31. The minimum atomic E-state index is -0.0305. The van der Waals surface area contributed by atoms with E-state index < -0.39 is 0 Å². The zero-order chi connectivity index (χ0) is 19.5. The summed E-state index contributed by atoms with van der Waals surface area (Å²) in [6, 6.07) is 11.5. The van der Waals surface area contributed by atoms with E-state index in [-0.39, 0.29) is 11.9 Å². The third-order valence-corrected chi connectivity index (χ3v) is 5.30. The van der Waals surface area contributed by atoms with Crippen LogP contribution in [0.15, 0.2) is 42.6 Å². The molecule has 1 fully saturated rings. The van der Waals surface area contributed by atoms with Gasteiger partial charge in [-0.2, -0.15) is 0 Å². The van der Waals surface area contributed by atoms with E-state index in [0.717, 1.165) is 36.4 Å². The van der Waals surface area contributed by atoms with Crippen molar-refractivity contribution >= 4 is 11.6 Å². The molecule has 0 bridgehead atoms. The van der Waals surface area contributed by atoms with Crippen LogP contribution >= 0.6 is 0 Å². The Balaban J connectivity index is 1.50. The lowest BCUT2D eigenvalue weighted by atomic mass is 10.1. The van der Waals surface area contributed by atoms with Crippen molar-refractivity contribution < 1.29 is 14.3 Å². The number of aryl methyl sites for hydroxylation is 1. The highest BCUT2D eigenvalue weighted by atomic mass is 16.5. The first-order valence-electron chi connectivity index (χ1n) is 9.52. The Kier molecular flexibility index (Phi) is 5.14. The molecule has 3 aromatic rings. The lowest BCUT2D eigenvalue weighted by molar-refractivity contribution is -0.132. The summed E-state index contributed by atoms with van der Waals surface area (Å²) in [6.45, 7) is 0.750. The third kappa shape index (κ3) is 3.28. The summed E-state index contributed by atoms with van der Waals surface area (Å²) in [5.41, 5.74) is 1.77. The van der Waals surface area contributed by atoms with Gasteiger partial charge >= 0.3 is 0 Å². The number of aromatic nitrogens is 3. The number of rotatable bonds is 6. The molecule has 0 saturated carbocycles. The molecule has 1 amide bonds. The van der Waals surface area contributed by atoms with Crippen LogP contribution < -0.4 is 9.47 Å². The Morgan fingerprint density at radius 1 is 1.14 bits per heavy atom. The molecule has 0 aliphatic carbocycles. The van der Waals surface area contributed by atoms with E-state index in [0.29, 0.717) is 24.3 Å². The highest BCUT2D eigenvalue weighted by molar-refractivity contribution is 5.77. The molecule has 28 heavy (non-hydrogen) atoms. The third-order valence-electron chi connectivity index (χ3n) is 5.30. The van der Waals surface area contributed by atoms with Gasteiger partial charge in [-0.3, -0.25) is 9.20 Å². The molecule has 1 saturated heterocycles. The molecule has 0 unspecified atom stereocenters. The number of hydrogen-bond donors (Lipinski definition) is 0. The molecule has 0 N–H and O–H groups in total. The van der Waals surface area contributed by atoms with Crippen LogP contribution in [0.1, 0.15) is 36.7 Å². The summed E-state index contributed by atoms with van der Waals surface area (Å²) in [7, 11) is 3.24. The van der Waals surface area contributed by atoms with Gasteiger partial charge in [0.1, 0.15) is 0 Å². The van der Waals surface area contributed by atoms with Crippen LogP contribution in [0.3, 0.4) is 0 Å². The number of nitrogens with zero attached hydrogens (tertiary/aromatic N) is 4. The van der Waals surface area contributed by atoms with Gasteiger partial charge in [-0.25, -0.2) is 0 Å². The first-order valence-corrected chi connectivity index (χ1v) is 9.52. The molecule has 1 aromatic carbocycles. The van der Waals surface area contributed by atoms with Crippen molar-refractivity contribution in [2.75, 3.05) is 20.8 Å². The van der Waals surface area contributed by atoms with Crippen molar-refractivity contribution in [3.05, 3.63) is 54.0 Å². The van der Waals surface area contributed by atoms with Gasteiger partial charge in [0, 0.05) is 19.2 Å². The molecule has 2 aromatic heterocycles. The Bertz CT molecular complexity index is 985. The average molecular weight is 380 g/mol. The number of fused-ring (bicyclic) bond motifs is 1. The predicted octanol–water partition coefficient (Wildman–Crippen LogP) is 3.04. The summed E-state index contributed by atoms with van der Waals surface area (Å²) in [5, 5.41) is 8.60. The van der Waals surface area contributed by atoms with Gasteiger partial charge in [-0.05, 0) is 43.0 Å². The average Bonchev–Trinajstić information content (AvgIpc) is 3.38. The second kappa shape index (κ2) is 7.88. The number of benzene rings is 1. The Morgan fingerprint density at radius 2 is 2.04 bits per heavy atom. The number of likely N-dealkylation sites (tertiary alicyclic amines) is 1. The quantitative estimate of drug-likeness (QED) is 0.657. The summed E-state index contributed by atoms with van der Waals surface area (Å²) < 4.78 is 12.8. The number of methoxy groups -OCH3 is 2. The molecule has 0 spiro atoms. The van der Waals surface area contributed by atoms with Crippen molar-refractivity contribution in [1.29, 1.82) is 0 Å². The van der Waals surface area contributed by atoms with E-state index in [1.165, 1.54) is 0 Å². The van der Waals surface area contributed by atoms with E-state index in [4.69, 9.17) is 9.47 Å². The first-order chi connectivity index (χ1) is 13.7. The van der Waals surface area contributed by atoms with E-state index >= 15 is 0 Å². The monoisotopic (exact) mass is 380 g/mol. The summed E-state index contributed by atoms with van der Waals surface area (Å²) in [5.74, 6) is 2.33. The minimum absolute atomic E-state index is 0.0305. The second-order valence-electron chi connectivity index (χ2n) is 6.88. The number of carbonyl (C=O) groups is 1. The van der Waals surface area contributed by atoms with E-state index in [9.17, 15) is 4.79 Å². The van der Waals surface area contributed by atoms with Crippen molar-refractivity contribution in [1.82, 2.24) is 19.5 Å². The number of carbonyl (C=O) groups excluding carboxylic acids is 1. The first kappa shape index (κ1) is 18.3. The summed E-state index contributed by atoms with van der Waals surface area (Å²) in [6.07, 6.45) is 4.84. The Labute approximate surface area is 163 Å². The number of amides is 1. The van der Waals surface area contributed by atoms with Gasteiger partial charge in [0.05, 0.1) is 20.3 Å². The topological polar surface area (TPSA) is 69.0 Å². The summed E-state index contributed by atoms with van der Waals surface area (Å²) >= 11 is 0. The van der Waals surface area contributed by atoms with Crippen molar-refractivity contribution in [2.45, 2.75) is 31.7 Å². The largest absolute Gasteiger partial charge is 0.493 e. The SMILES string of the molecule is COc1cccc(CCC(=O)N2CCC[C@H]2c2nnc3ccccn23)c1OC. The molecule has 7 nitrogen and oxygen atoms in total. The highest BCUT2D eigenvalue weighted by Crippen LogP contribution is 2.34. The molecule has 0 radical (unpaired) electrons. The standard InChI is InChI=1S/C21H24N4O3/c1-27-17-9-5-7-15(20(17)28-2)11-12-19(26)24-14-6-8-16(24)21-23-22-18-10-3-4-13-25(18)21/h3-5,7,9-10,13,16H,6,8,11-12,14H2,1-2H3/t16-/m0/s1. The number of hydrogen-bond acceptors (Lipinski definition) is 5. The number of ether oxygens (including phenoxy) is 2. The maximum Gasteiger partial charge on any atom is 0.223 e. The molecule has 1 aliphatic rings. The second-order valence-corrected chi connectivity index (χ2v) is 6.88. The molecule has 7 heteroatoms. The van der Waals surface area contributed by atoms with Crippen LogP contribution in [0.4, 0.5) is 0 Å². The fourth-order valence-electron chi connectivity index (χ4n) is 3.96. The van der Waals surface area contributed by atoms with Gasteiger partial charge in [0.25, 0.3) is 0 Å². The van der Waals surface area contributed by atoms with Gasteiger partial charge in [-0.1, -0.05) is 18.2 Å². The van der Waals surface area contributed by atoms with Crippen LogP contribution in [0.2, 0.25) is 0 Å². The fraction of sp³-hybridized carbons (Fsp3) is 0.381. The highest BCUT2D eigenvalue weighted by Gasteiger charge is 2.33. The van der Waals surface area contributed by atoms with Crippen molar-refractivity contribution in [2.24, 2.45) is 0 Å². The predicted molar refractivity (Wildman–Crippen MR) is 105 cm³/mol. The van der Waals surface area contributed by atoms with E-state index in [1.54, 1.807) is 14.2 Å². The van der Waals surface area contributed by atoms with Crippen LogP contribution in [-0.2, 0) is 11.2 Å². The van der Waals surface area contributed by atoms with Crippen LogP contribution in [0.25, 0.3) is 5.65 Å². The summed E-state index contributed by atoms with van der Waals surface area (Å²) in [4.78, 5) is 15.0. The normalized spacial score (nSPS) is 16.5. The Hall–Kier alpha value is -3.09. The van der Waals surface area contributed by atoms with Gasteiger partial charge in [0.15, 0.2) is 23.0 Å². The Morgan fingerprint density at radius 3 is 2.86 bits per heavy atom. The van der Waals surface area contributed by atoms with Crippen molar-refractivity contribution in [3.63, 3.8) is 0 Å². The van der Waals surface area contributed by atoms with Crippen LogP contribution in [0, 0.1) is 0 Å². The molecule has 146 valence electrons. The molecular weight excluding hydrogens is 356 g/mol. The van der Waals surface area contributed by atoms with E-state index in [1.807, 2.05) is 51.9 Å². The smallest absolute Gasteiger partial charge is 0.223 e. The number of pyridine rings is 1. The van der Waals surface area contributed by atoms with Gasteiger partial charge in [0.2, 0.25) is 5.91 Å². The fourth-order valence-corrected chi connectivity index (χ4v) is 3.96. The maximum atomic E-state index is 13.0. The zero-order valence-electron chi connectivity index (χ0n) is 16.2. The molecular formula is C21H24N4O3. The van der Waals surface area contributed by atoms with Crippen LogP contribution in [-0.4, -0.2) is 46.2 Å². The molecule has 1 aliphatic heterocycles. The maximum absolute atomic E-state index is 13.0. The zero-order valence-corrected chi connectivity index (χ0v) is 16.2. The lowest BCUT2D eigenvalue weighted by Gasteiger charge is -2.24. The van der Waals surface area contributed by atoms with Crippen LogP contribution in [0.5, 0.6) is 11.5 Å². The molecule has 3 heterocycles. The molecule has 1 atom stereocenters. The van der Waals surface area contributed by atoms with Gasteiger partial charge < -0.3 is 14.4 Å². The van der Waals surface area contributed by atoms with Gasteiger partial charge in [-0.15, -0.1) is 10.2 Å². The minimum Gasteiger partial charge on any atom is -0.493 e. The van der Waals surface area contributed by atoms with E-state index in [2.05, 4.69) is 10.2 Å². The molecule has 4 rings (SSSR count). The number of para-hydroxylation sites is 1. The van der Waals surface area contributed by atoms with Crippen molar-refractivity contribution in [3.8, 4) is 11.5 Å².